The van der Waals surface area contributed by atoms with Crippen LogP contribution in [0.4, 0.5) is 0 Å². The quantitative estimate of drug-likeness (QED) is 0.375. The number of piperidine rings is 1. The number of ether oxygens (including phenoxy) is 1. The third-order valence-corrected chi connectivity index (χ3v) is 4.77. The molecule has 0 radical (unpaired) electrons. The predicted octanol–water partition coefficient (Wildman–Crippen LogP) is -0.251. The molecule has 7 nitrogen and oxygen atoms in total. The molecule has 1 spiro atoms. The molecule has 20 heavy (non-hydrogen) atoms. The van der Waals surface area contributed by atoms with Gasteiger partial charge in [0.05, 0.1) is 18.1 Å². The highest BCUT2D eigenvalue weighted by molar-refractivity contribution is 5.88. The SMILES string of the molecule is O=C1C=C2C=CC3CC2(O1)C1CCCC[NH+]31.O=[N+]([O-])[O-]. The summed E-state index contributed by atoms with van der Waals surface area (Å²) < 4.78 is 5.71. The second-order valence-electron chi connectivity index (χ2n) is 5.68. The van der Waals surface area contributed by atoms with Gasteiger partial charge in [-0.3, -0.25) is 0 Å². The van der Waals surface area contributed by atoms with Crippen LogP contribution in [0.15, 0.2) is 23.8 Å². The van der Waals surface area contributed by atoms with E-state index in [0.29, 0.717) is 12.1 Å². The number of rotatable bonds is 0. The lowest BCUT2D eigenvalue weighted by atomic mass is 9.80. The van der Waals surface area contributed by atoms with E-state index in [4.69, 9.17) is 20.1 Å². The van der Waals surface area contributed by atoms with Gasteiger partial charge >= 0.3 is 5.97 Å². The second kappa shape index (κ2) is 4.59. The summed E-state index contributed by atoms with van der Waals surface area (Å²) in [6.45, 7) is 1.24. The Labute approximate surface area is 115 Å². The molecule has 2 saturated heterocycles. The minimum atomic E-state index is -1.75. The standard InChI is InChI=1S/C13H15NO2.NO3/c15-12-7-9-4-5-10-8-13(9,16-12)11-3-1-2-6-14(10)11;2-1(3)4/h4-5,7,10-11H,1-3,6,8H2;/q;-1/p+1. The van der Waals surface area contributed by atoms with Crippen molar-refractivity contribution in [2.75, 3.05) is 6.54 Å². The number of quaternary nitrogens is 1. The van der Waals surface area contributed by atoms with Crippen molar-refractivity contribution in [1.29, 1.82) is 0 Å². The molecule has 0 amide bonds. The largest absolute Gasteiger partial charge is 0.444 e. The van der Waals surface area contributed by atoms with Crippen molar-refractivity contribution in [3.05, 3.63) is 39.1 Å². The maximum atomic E-state index is 11.5. The zero-order valence-corrected chi connectivity index (χ0v) is 10.9. The number of fused-ring (bicyclic) bond motifs is 3. The van der Waals surface area contributed by atoms with Crippen LogP contribution >= 0.6 is 0 Å². The molecule has 0 aromatic carbocycles. The summed E-state index contributed by atoms with van der Waals surface area (Å²) in [7, 11) is 0. The number of nitrogens with one attached hydrogen (secondary N) is 1. The minimum absolute atomic E-state index is 0.132. The highest BCUT2D eigenvalue weighted by atomic mass is 16.9. The van der Waals surface area contributed by atoms with Gasteiger partial charge in [0.2, 0.25) is 0 Å². The molecule has 3 aliphatic heterocycles. The van der Waals surface area contributed by atoms with Gasteiger partial charge in [0.1, 0.15) is 12.1 Å². The fourth-order valence-corrected chi connectivity index (χ4v) is 4.16. The van der Waals surface area contributed by atoms with Gasteiger partial charge in [0.15, 0.2) is 5.60 Å². The molecule has 4 atom stereocenters. The fraction of sp³-hybridized carbons (Fsp3) is 0.615. The summed E-state index contributed by atoms with van der Waals surface area (Å²) in [4.78, 5) is 21.4. The summed E-state index contributed by atoms with van der Waals surface area (Å²) in [5, 5.41) is 14.8. The Morgan fingerprint density at radius 3 is 2.90 bits per heavy atom. The van der Waals surface area contributed by atoms with Crippen LogP contribution < -0.4 is 4.90 Å². The minimum Gasteiger partial charge on any atom is -0.444 e. The van der Waals surface area contributed by atoms with E-state index in [0.717, 1.165) is 12.0 Å². The first-order chi connectivity index (χ1) is 9.53. The average Bonchev–Trinajstić information content (AvgIpc) is 2.85. The first kappa shape index (κ1) is 13.1. The van der Waals surface area contributed by atoms with Gasteiger partial charge < -0.3 is 25.0 Å². The first-order valence-corrected chi connectivity index (χ1v) is 6.83. The van der Waals surface area contributed by atoms with E-state index >= 15 is 0 Å². The van der Waals surface area contributed by atoms with Crippen LogP contribution in [0, 0.1) is 15.3 Å². The first-order valence-electron chi connectivity index (χ1n) is 6.83. The molecule has 0 aromatic rings. The molecule has 2 fully saturated rings. The van der Waals surface area contributed by atoms with E-state index in [-0.39, 0.29) is 11.6 Å². The molecule has 0 saturated carbocycles. The second-order valence-corrected chi connectivity index (χ2v) is 5.68. The zero-order valence-electron chi connectivity index (χ0n) is 10.9. The lowest BCUT2D eigenvalue weighted by molar-refractivity contribution is -0.937. The summed E-state index contributed by atoms with van der Waals surface area (Å²) in [6.07, 6.45) is 10.9. The Balaban J connectivity index is 0.000000272. The lowest BCUT2D eigenvalue weighted by Gasteiger charge is -2.34. The Kier molecular flexibility index (Phi) is 3.01. The Morgan fingerprint density at radius 1 is 1.40 bits per heavy atom. The summed E-state index contributed by atoms with van der Waals surface area (Å²) in [5.41, 5.74) is 0.891. The lowest BCUT2D eigenvalue weighted by Crippen LogP contribution is -3.18. The van der Waals surface area contributed by atoms with Crippen molar-refractivity contribution in [3.63, 3.8) is 0 Å². The Hall–Kier alpha value is -1.89. The molecular weight excluding hydrogens is 264 g/mol. The predicted molar refractivity (Wildman–Crippen MR) is 68.3 cm³/mol. The van der Waals surface area contributed by atoms with Crippen molar-refractivity contribution in [2.24, 2.45) is 0 Å². The fourth-order valence-electron chi connectivity index (χ4n) is 4.16. The molecule has 1 N–H and O–H groups in total. The molecule has 0 aromatic heterocycles. The van der Waals surface area contributed by atoms with E-state index in [1.54, 1.807) is 11.0 Å². The number of hydrogen-bond acceptors (Lipinski definition) is 5. The van der Waals surface area contributed by atoms with Crippen molar-refractivity contribution < 1.29 is 19.5 Å². The number of esters is 1. The molecule has 2 bridgehead atoms. The molecule has 108 valence electrons. The third-order valence-electron chi connectivity index (χ3n) is 4.77. The maximum absolute atomic E-state index is 11.5. The maximum Gasteiger partial charge on any atom is 0.332 e. The van der Waals surface area contributed by atoms with Crippen LogP contribution in [0.5, 0.6) is 0 Å². The van der Waals surface area contributed by atoms with Gasteiger partial charge in [-0.25, -0.2) is 4.79 Å². The van der Waals surface area contributed by atoms with Crippen molar-refractivity contribution >= 4 is 5.97 Å². The number of carbonyl (C=O) groups excluding carboxylic acids is 1. The number of hydrogen-bond donors (Lipinski definition) is 1. The van der Waals surface area contributed by atoms with Gasteiger partial charge in [-0.2, -0.15) is 0 Å². The van der Waals surface area contributed by atoms with Crippen LogP contribution in [0.2, 0.25) is 0 Å². The van der Waals surface area contributed by atoms with Crippen LogP contribution in [0.25, 0.3) is 0 Å². The number of nitrogens with zero attached hydrogens (tertiary/aromatic N) is 1. The monoisotopic (exact) mass is 280 g/mol. The molecule has 4 unspecified atom stereocenters. The zero-order chi connectivity index (χ0) is 14.3. The molecule has 1 aliphatic carbocycles. The van der Waals surface area contributed by atoms with Crippen LogP contribution in [0.1, 0.15) is 25.7 Å². The smallest absolute Gasteiger partial charge is 0.332 e. The summed E-state index contributed by atoms with van der Waals surface area (Å²) in [5.74, 6) is -0.132. The highest BCUT2D eigenvalue weighted by Gasteiger charge is 2.63. The van der Waals surface area contributed by atoms with Gasteiger partial charge in [-0.1, -0.05) is 6.08 Å². The van der Waals surface area contributed by atoms with Crippen molar-refractivity contribution in [2.45, 2.75) is 43.4 Å². The van der Waals surface area contributed by atoms with Crippen LogP contribution in [0.3, 0.4) is 0 Å². The number of carbonyl (C=O) groups is 1. The van der Waals surface area contributed by atoms with E-state index in [1.165, 1.54) is 25.8 Å². The Morgan fingerprint density at radius 2 is 2.15 bits per heavy atom. The molecule has 4 rings (SSSR count). The van der Waals surface area contributed by atoms with Crippen LogP contribution in [-0.2, 0) is 9.53 Å². The van der Waals surface area contributed by atoms with Gasteiger partial charge in [-0.15, -0.1) is 0 Å². The normalized spacial score (nSPS) is 39.9. The van der Waals surface area contributed by atoms with Gasteiger partial charge in [0, 0.05) is 18.1 Å². The van der Waals surface area contributed by atoms with Gasteiger partial charge in [-0.05, 0) is 18.9 Å². The summed E-state index contributed by atoms with van der Waals surface area (Å²) >= 11 is 0. The van der Waals surface area contributed by atoms with Crippen LogP contribution in [-0.4, -0.2) is 35.3 Å². The topological polar surface area (TPSA) is 96.9 Å². The molecular formula is C13H16N2O5. The van der Waals surface area contributed by atoms with E-state index in [1.807, 2.05) is 0 Å². The van der Waals surface area contributed by atoms with E-state index in [9.17, 15) is 4.79 Å². The van der Waals surface area contributed by atoms with E-state index < -0.39 is 5.09 Å². The van der Waals surface area contributed by atoms with Crippen molar-refractivity contribution in [3.8, 4) is 0 Å². The third kappa shape index (κ3) is 1.89. The highest BCUT2D eigenvalue weighted by Crippen LogP contribution is 2.43. The summed E-state index contributed by atoms with van der Waals surface area (Å²) in [6, 6.07) is 1.09. The molecule has 4 aliphatic rings. The van der Waals surface area contributed by atoms with Crippen molar-refractivity contribution in [1.82, 2.24) is 0 Å². The Bertz CT molecular complexity index is 511. The average molecular weight is 280 g/mol. The molecule has 7 heteroatoms. The molecule has 3 heterocycles. The van der Waals surface area contributed by atoms with E-state index in [2.05, 4.69) is 12.2 Å². The van der Waals surface area contributed by atoms with Gasteiger partial charge in [0.25, 0.3) is 0 Å².